The Bertz CT molecular complexity index is 803. The highest BCUT2D eigenvalue weighted by atomic mass is 32.2. The van der Waals surface area contributed by atoms with Crippen molar-refractivity contribution in [1.29, 1.82) is 0 Å². The second kappa shape index (κ2) is 7.83. The molecule has 0 fully saturated rings. The molecule has 7 heteroatoms. The largest absolute Gasteiger partial charge is 0.493 e. The van der Waals surface area contributed by atoms with E-state index >= 15 is 0 Å². The predicted octanol–water partition coefficient (Wildman–Crippen LogP) is 2.01. The van der Waals surface area contributed by atoms with Crippen molar-refractivity contribution in [2.45, 2.75) is 6.42 Å². The number of carbonyl (C=O) groups is 1. The number of nitrogens with one attached hydrogen (secondary N) is 1. The van der Waals surface area contributed by atoms with Crippen LogP contribution in [0.15, 0.2) is 48.5 Å². The number of methoxy groups -OCH3 is 2. The lowest BCUT2D eigenvalue weighted by Gasteiger charge is -2.10. The van der Waals surface area contributed by atoms with Gasteiger partial charge < -0.3 is 9.47 Å². The summed E-state index contributed by atoms with van der Waals surface area (Å²) in [5, 5.41) is 0. The van der Waals surface area contributed by atoms with Crippen molar-refractivity contribution in [3.05, 3.63) is 59.7 Å². The highest BCUT2D eigenvalue weighted by Crippen LogP contribution is 2.27. The van der Waals surface area contributed by atoms with Crippen LogP contribution in [-0.2, 0) is 16.4 Å². The van der Waals surface area contributed by atoms with E-state index < -0.39 is 15.9 Å². The van der Waals surface area contributed by atoms with Crippen LogP contribution in [0.3, 0.4) is 0 Å². The van der Waals surface area contributed by atoms with Crippen LogP contribution in [0, 0.1) is 0 Å². The van der Waals surface area contributed by atoms with Gasteiger partial charge in [0.05, 0.1) is 20.0 Å². The lowest BCUT2D eigenvalue weighted by molar-refractivity contribution is 0.0981. The molecule has 0 atom stereocenters. The molecule has 0 aliphatic rings. The molecule has 24 heavy (non-hydrogen) atoms. The van der Waals surface area contributed by atoms with Crippen molar-refractivity contribution < 1.29 is 22.7 Å². The van der Waals surface area contributed by atoms with Gasteiger partial charge in [-0.1, -0.05) is 30.3 Å². The molecule has 128 valence electrons. The summed E-state index contributed by atoms with van der Waals surface area (Å²) in [7, 11) is -0.816. The molecule has 6 nitrogen and oxygen atoms in total. The smallest absolute Gasteiger partial charge is 0.264 e. The van der Waals surface area contributed by atoms with Crippen LogP contribution in [-0.4, -0.2) is 34.3 Å². The third-order valence-electron chi connectivity index (χ3n) is 3.40. The maximum atomic E-state index is 12.2. The minimum atomic E-state index is -3.73. The summed E-state index contributed by atoms with van der Waals surface area (Å²) < 4.78 is 36.4. The van der Waals surface area contributed by atoms with Crippen LogP contribution < -0.4 is 14.2 Å². The highest BCUT2D eigenvalue weighted by Gasteiger charge is 2.17. The third-order valence-corrected chi connectivity index (χ3v) is 4.63. The van der Waals surface area contributed by atoms with Gasteiger partial charge in [-0.2, -0.15) is 0 Å². The first kappa shape index (κ1) is 17.8. The normalized spacial score (nSPS) is 10.9. The molecule has 0 heterocycles. The van der Waals surface area contributed by atoms with Crippen LogP contribution in [0.1, 0.15) is 15.9 Å². The van der Waals surface area contributed by atoms with Crippen molar-refractivity contribution in [3.8, 4) is 11.5 Å². The van der Waals surface area contributed by atoms with Gasteiger partial charge in [-0.15, -0.1) is 0 Å². The Hall–Kier alpha value is -2.54. The van der Waals surface area contributed by atoms with E-state index in [0.29, 0.717) is 17.9 Å². The van der Waals surface area contributed by atoms with E-state index in [4.69, 9.17) is 9.47 Å². The van der Waals surface area contributed by atoms with Gasteiger partial charge in [-0.3, -0.25) is 4.79 Å². The summed E-state index contributed by atoms with van der Waals surface area (Å²) in [4.78, 5) is 12.2. The third kappa shape index (κ3) is 4.73. The Morgan fingerprint density at radius 3 is 2.29 bits per heavy atom. The molecule has 0 spiro atoms. The van der Waals surface area contributed by atoms with Gasteiger partial charge in [0.15, 0.2) is 11.5 Å². The molecular weight excluding hydrogens is 330 g/mol. The Labute approximate surface area is 141 Å². The van der Waals surface area contributed by atoms with Crippen LogP contribution in [0.4, 0.5) is 0 Å². The molecule has 2 aromatic rings. The quantitative estimate of drug-likeness (QED) is 0.827. The van der Waals surface area contributed by atoms with Gasteiger partial charge in [0, 0.05) is 5.56 Å². The SMILES string of the molecule is COc1ccc(C(=O)NS(=O)(=O)CCc2ccccc2)cc1OC. The predicted molar refractivity (Wildman–Crippen MR) is 90.9 cm³/mol. The van der Waals surface area contributed by atoms with E-state index in [1.807, 2.05) is 30.3 Å². The van der Waals surface area contributed by atoms with Gasteiger partial charge in [0.1, 0.15) is 0 Å². The van der Waals surface area contributed by atoms with Crippen molar-refractivity contribution in [2.24, 2.45) is 0 Å². The summed E-state index contributed by atoms with van der Waals surface area (Å²) in [6.45, 7) is 0. The minimum Gasteiger partial charge on any atom is -0.493 e. The second-order valence-electron chi connectivity index (χ2n) is 5.06. The lowest BCUT2D eigenvalue weighted by Crippen LogP contribution is -2.33. The summed E-state index contributed by atoms with van der Waals surface area (Å²) in [5.74, 6) is -0.0624. The monoisotopic (exact) mass is 349 g/mol. The number of rotatable bonds is 7. The summed E-state index contributed by atoms with van der Waals surface area (Å²) >= 11 is 0. The number of carbonyl (C=O) groups excluding carboxylic acids is 1. The molecule has 0 aliphatic carbocycles. The van der Waals surface area contributed by atoms with E-state index in [2.05, 4.69) is 4.72 Å². The number of aryl methyl sites for hydroxylation is 1. The average Bonchev–Trinajstić information content (AvgIpc) is 2.60. The van der Waals surface area contributed by atoms with Gasteiger partial charge in [0.25, 0.3) is 5.91 Å². The molecule has 0 radical (unpaired) electrons. The summed E-state index contributed by atoms with van der Waals surface area (Å²) in [5.41, 5.74) is 1.07. The zero-order valence-electron chi connectivity index (χ0n) is 13.5. The molecule has 0 saturated heterocycles. The maximum Gasteiger partial charge on any atom is 0.264 e. The standard InChI is InChI=1S/C17H19NO5S/c1-22-15-9-8-14(12-16(15)23-2)17(19)18-24(20,21)11-10-13-6-4-3-5-7-13/h3-9,12H,10-11H2,1-2H3,(H,18,19). The number of amides is 1. The maximum absolute atomic E-state index is 12.2. The van der Waals surface area contributed by atoms with Crippen molar-refractivity contribution in [2.75, 3.05) is 20.0 Å². The molecule has 0 aromatic heterocycles. The molecule has 2 rings (SSSR count). The first-order chi connectivity index (χ1) is 11.4. The Morgan fingerprint density at radius 2 is 1.67 bits per heavy atom. The zero-order valence-corrected chi connectivity index (χ0v) is 14.3. The molecule has 2 aromatic carbocycles. The first-order valence-corrected chi connectivity index (χ1v) is 8.91. The van der Waals surface area contributed by atoms with Crippen LogP contribution in [0.5, 0.6) is 11.5 Å². The van der Waals surface area contributed by atoms with E-state index in [9.17, 15) is 13.2 Å². The fourth-order valence-electron chi connectivity index (χ4n) is 2.13. The molecule has 1 N–H and O–H groups in total. The number of hydrogen-bond donors (Lipinski definition) is 1. The Kier molecular flexibility index (Phi) is 5.81. The number of hydrogen-bond acceptors (Lipinski definition) is 5. The van der Waals surface area contributed by atoms with E-state index in [0.717, 1.165) is 5.56 Å². The Balaban J connectivity index is 2.05. The van der Waals surface area contributed by atoms with Crippen molar-refractivity contribution in [3.63, 3.8) is 0 Å². The van der Waals surface area contributed by atoms with Gasteiger partial charge >= 0.3 is 0 Å². The molecule has 0 bridgehead atoms. The van der Waals surface area contributed by atoms with Crippen LogP contribution in [0.2, 0.25) is 0 Å². The van der Waals surface area contributed by atoms with Gasteiger partial charge in [-0.05, 0) is 30.2 Å². The van der Waals surface area contributed by atoms with E-state index in [-0.39, 0.29) is 11.3 Å². The van der Waals surface area contributed by atoms with Gasteiger partial charge in [0.2, 0.25) is 10.0 Å². The van der Waals surface area contributed by atoms with E-state index in [1.165, 1.54) is 26.4 Å². The first-order valence-electron chi connectivity index (χ1n) is 7.26. The fourth-order valence-corrected chi connectivity index (χ4v) is 3.13. The summed E-state index contributed by atoms with van der Waals surface area (Å²) in [6.07, 6.45) is 0.329. The highest BCUT2D eigenvalue weighted by molar-refractivity contribution is 7.90. The van der Waals surface area contributed by atoms with Crippen LogP contribution >= 0.6 is 0 Å². The van der Waals surface area contributed by atoms with Crippen LogP contribution in [0.25, 0.3) is 0 Å². The molecule has 0 unspecified atom stereocenters. The number of benzene rings is 2. The minimum absolute atomic E-state index is 0.171. The number of ether oxygens (including phenoxy) is 2. The molecular formula is C17H19NO5S. The second-order valence-corrected chi connectivity index (χ2v) is 6.90. The Morgan fingerprint density at radius 1 is 1.00 bits per heavy atom. The van der Waals surface area contributed by atoms with Gasteiger partial charge in [-0.25, -0.2) is 13.1 Å². The summed E-state index contributed by atoms with van der Waals surface area (Å²) in [6, 6.07) is 13.7. The average molecular weight is 349 g/mol. The topological polar surface area (TPSA) is 81.7 Å². The molecule has 0 saturated carbocycles. The zero-order chi connectivity index (χ0) is 17.6. The van der Waals surface area contributed by atoms with Crippen molar-refractivity contribution >= 4 is 15.9 Å². The van der Waals surface area contributed by atoms with Crippen molar-refractivity contribution in [1.82, 2.24) is 4.72 Å². The molecule has 1 amide bonds. The van der Waals surface area contributed by atoms with E-state index in [1.54, 1.807) is 6.07 Å². The lowest BCUT2D eigenvalue weighted by atomic mass is 10.2. The fraction of sp³-hybridized carbons (Fsp3) is 0.235. The number of sulfonamides is 1. The molecule has 0 aliphatic heterocycles.